The summed E-state index contributed by atoms with van der Waals surface area (Å²) in [6.07, 6.45) is -0.242. The second-order valence-corrected chi connectivity index (χ2v) is 5.41. The Morgan fingerprint density at radius 1 is 1.38 bits per heavy atom. The number of nitrogens with zero attached hydrogens (tertiary/aromatic N) is 1. The zero-order valence-corrected chi connectivity index (χ0v) is 13.0. The minimum atomic E-state index is -1.06. The largest absolute Gasteiger partial charge is 0.460 e. The Kier molecular flexibility index (Phi) is 5.95. The Morgan fingerprint density at radius 3 is 2.52 bits per heavy atom. The lowest BCUT2D eigenvalue weighted by Crippen LogP contribution is -2.42. The average molecular weight is 314 g/mol. The highest BCUT2D eigenvalue weighted by Gasteiger charge is 2.40. The summed E-state index contributed by atoms with van der Waals surface area (Å²) in [6, 6.07) is -0.736. The molecule has 1 atom stereocenters. The van der Waals surface area contributed by atoms with Crippen LogP contribution in [0.4, 0.5) is 0 Å². The van der Waals surface area contributed by atoms with Crippen LogP contribution in [0.2, 0.25) is 0 Å². The monoisotopic (exact) mass is 314 g/mol. The van der Waals surface area contributed by atoms with E-state index in [4.69, 9.17) is 12.2 Å². The quantitative estimate of drug-likeness (QED) is 0.325. The summed E-state index contributed by atoms with van der Waals surface area (Å²) in [4.78, 5) is 47.8. The van der Waals surface area contributed by atoms with Crippen LogP contribution in [0.3, 0.4) is 0 Å². The predicted molar refractivity (Wildman–Crippen MR) is 77.1 cm³/mol. The molecule has 0 aromatic heterocycles. The van der Waals surface area contributed by atoms with E-state index < -0.39 is 30.1 Å². The van der Waals surface area contributed by atoms with Crippen molar-refractivity contribution in [1.82, 2.24) is 10.2 Å². The van der Waals surface area contributed by atoms with Gasteiger partial charge >= 0.3 is 5.97 Å². The predicted octanol–water partition coefficient (Wildman–Crippen LogP) is 0.167. The molecule has 1 saturated heterocycles. The van der Waals surface area contributed by atoms with Crippen LogP contribution in [0, 0.1) is 5.92 Å². The van der Waals surface area contributed by atoms with Crippen molar-refractivity contribution >= 4 is 40.9 Å². The molecule has 2 amide bonds. The number of thiocarbonyl (C=S) groups is 1. The molecule has 1 N–H and O–H groups in total. The first-order valence-corrected chi connectivity index (χ1v) is 7.05. The second-order valence-electron chi connectivity index (χ2n) is 5.02. The highest BCUT2D eigenvalue weighted by Crippen LogP contribution is 2.18. The highest BCUT2D eigenvalue weighted by atomic mass is 32.1. The Hall–Kier alpha value is -1.83. The standard InChI is InChI=1S/C13H18N2O5S/c1-4-20-12(19)9(16)6-10(17)15-8(5-7(2)3)11(18)14-13(15)21/h7-8H,4-6H2,1-3H3,(H,14,18,21). The van der Waals surface area contributed by atoms with Crippen molar-refractivity contribution in [1.29, 1.82) is 0 Å². The number of Topliss-reactive ketones (excluding diaryl/α,β-unsaturated/α-hetero) is 1. The average Bonchev–Trinajstić information content (AvgIpc) is 2.63. The summed E-state index contributed by atoms with van der Waals surface area (Å²) >= 11 is 4.94. The van der Waals surface area contributed by atoms with Gasteiger partial charge in [-0.05, 0) is 31.5 Å². The third kappa shape index (κ3) is 4.32. The minimum absolute atomic E-state index is 0.0349. The first-order valence-electron chi connectivity index (χ1n) is 6.64. The van der Waals surface area contributed by atoms with E-state index in [-0.39, 0.29) is 23.5 Å². The highest BCUT2D eigenvalue weighted by molar-refractivity contribution is 7.80. The third-order valence-corrected chi connectivity index (χ3v) is 3.14. The smallest absolute Gasteiger partial charge is 0.375 e. The normalized spacial score (nSPS) is 17.9. The van der Waals surface area contributed by atoms with Crippen molar-refractivity contribution in [3.63, 3.8) is 0 Å². The molecule has 1 aliphatic heterocycles. The molecule has 1 unspecified atom stereocenters. The first-order chi connectivity index (χ1) is 9.77. The fraction of sp³-hybridized carbons (Fsp3) is 0.615. The molecule has 0 aromatic carbocycles. The Balaban J connectivity index is 2.78. The van der Waals surface area contributed by atoms with E-state index in [2.05, 4.69) is 10.1 Å². The molecular weight excluding hydrogens is 296 g/mol. The lowest BCUT2D eigenvalue weighted by Gasteiger charge is -2.22. The summed E-state index contributed by atoms with van der Waals surface area (Å²) in [5, 5.41) is 2.37. The van der Waals surface area contributed by atoms with E-state index in [1.807, 2.05) is 13.8 Å². The van der Waals surface area contributed by atoms with E-state index in [1.54, 1.807) is 6.92 Å². The van der Waals surface area contributed by atoms with Crippen molar-refractivity contribution < 1.29 is 23.9 Å². The van der Waals surface area contributed by atoms with Gasteiger partial charge in [0.15, 0.2) is 5.11 Å². The van der Waals surface area contributed by atoms with Crippen LogP contribution in [0.25, 0.3) is 0 Å². The summed E-state index contributed by atoms with van der Waals surface area (Å²) in [7, 11) is 0. The number of amides is 2. The second kappa shape index (κ2) is 7.26. The van der Waals surface area contributed by atoms with Gasteiger partial charge in [-0.3, -0.25) is 19.3 Å². The van der Waals surface area contributed by atoms with E-state index in [1.165, 1.54) is 0 Å². The fourth-order valence-corrected chi connectivity index (χ4v) is 2.29. The molecule has 8 heteroatoms. The van der Waals surface area contributed by atoms with Crippen LogP contribution in [0.1, 0.15) is 33.6 Å². The Morgan fingerprint density at radius 2 is 2.00 bits per heavy atom. The number of ketones is 1. The van der Waals surface area contributed by atoms with Crippen molar-refractivity contribution in [3.8, 4) is 0 Å². The van der Waals surface area contributed by atoms with Crippen LogP contribution in [0.5, 0.6) is 0 Å². The van der Waals surface area contributed by atoms with Crippen molar-refractivity contribution in [3.05, 3.63) is 0 Å². The maximum absolute atomic E-state index is 12.1. The van der Waals surface area contributed by atoms with Crippen LogP contribution in [-0.2, 0) is 23.9 Å². The molecule has 0 aromatic rings. The number of hydrogen-bond donors (Lipinski definition) is 1. The van der Waals surface area contributed by atoms with Crippen LogP contribution >= 0.6 is 12.2 Å². The molecular formula is C13H18N2O5S. The van der Waals surface area contributed by atoms with E-state index >= 15 is 0 Å². The number of rotatable bonds is 6. The van der Waals surface area contributed by atoms with Gasteiger partial charge in [0.25, 0.3) is 0 Å². The van der Waals surface area contributed by atoms with Crippen molar-refractivity contribution in [2.24, 2.45) is 5.92 Å². The first kappa shape index (κ1) is 17.2. The molecule has 0 bridgehead atoms. The Bertz CT molecular complexity index is 489. The minimum Gasteiger partial charge on any atom is -0.460 e. The molecule has 21 heavy (non-hydrogen) atoms. The topological polar surface area (TPSA) is 92.8 Å². The summed E-state index contributed by atoms with van der Waals surface area (Å²) in [5.41, 5.74) is 0. The van der Waals surface area contributed by atoms with Crippen molar-refractivity contribution in [2.45, 2.75) is 39.7 Å². The van der Waals surface area contributed by atoms with Gasteiger partial charge < -0.3 is 10.1 Å². The molecule has 0 aliphatic carbocycles. The van der Waals surface area contributed by atoms with E-state index in [9.17, 15) is 19.2 Å². The molecule has 0 radical (unpaired) electrons. The van der Waals surface area contributed by atoms with Gasteiger partial charge in [-0.15, -0.1) is 0 Å². The molecule has 0 spiro atoms. The van der Waals surface area contributed by atoms with Gasteiger partial charge in [0.05, 0.1) is 13.0 Å². The van der Waals surface area contributed by atoms with Gasteiger partial charge in [0, 0.05) is 0 Å². The maximum Gasteiger partial charge on any atom is 0.375 e. The Labute approximate surface area is 128 Å². The van der Waals surface area contributed by atoms with Crippen LogP contribution in [-0.4, -0.2) is 46.2 Å². The lowest BCUT2D eigenvalue weighted by molar-refractivity contribution is -0.155. The molecule has 0 saturated carbocycles. The molecule has 1 rings (SSSR count). The van der Waals surface area contributed by atoms with Gasteiger partial charge in [0.1, 0.15) is 6.04 Å². The van der Waals surface area contributed by atoms with Gasteiger partial charge in [0.2, 0.25) is 17.6 Å². The number of carbonyl (C=O) groups is 4. The SMILES string of the molecule is CCOC(=O)C(=O)CC(=O)N1C(=S)NC(=O)C1CC(C)C. The van der Waals surface area contributed by atoms with Gasteiger partial charge in [-0.2, -0.15) is 0 Å². The van der Waals surface area contributed by atoms with Crippen molar-refractivity contribution in [2.75, 3.05) is 6.61 Å². The maximum atomic E-state index is 12.1. The number of carbonyl (C=O) groups excluding carboxylic acids is 4. The van der Waals surface area contributed by atoms with Crippen LogP contribution in [0.15, 0.2) is 0 Å². The number of hydrogen-bond acceptors (Lipinski definition) is 6. The third-order valence-electron chi connectivity index (χ3n) is 2.84. The number of nitrogens with one attached hydrogen (secondary N) is 1. The number of esters is 1. The fourth-order valence-electron chi connectivity index (χ4n) is 1.96. The van der Waals surface area contributed by atoms with E-state index in [0.29, 0.717) is 6.42 Å². The molecule has 7 nitrogen and oxygen atoms in total. The summed E-state index contributed by atoms with van der Waals surface area (Å²) < 4.78 is 4.53. The number of ether oxygens (including phenoxy) is 1. The molecule has 1 fully saturated rings. The van der Waals surface area contributed by atoms with E-state index in [0.717, 1.165) is 4.90 Å². The summed E-state index contributed by atoms with van der Waals surface area (Å²) in [5.74, 6) is -2.90. The van der Waals surface area contributed by atoms with Crippen LogP contribution < -0.4 is 5.32 Å². The molecule has 116 valence electrons. The van der Waals surface area contributed by atoms with Gasteiger partial charge in [-0.25, -0.2) is 4.79 Å². The molecule has 1 aliphatic rings. The molecule has 1 heterocycles. The lowest BCUT2D eigenvalue weighted by atomic mass is 10.0. The zero-order valence-electron chi connectivity index (χ0n) is 12.2. The summed E-state index contributed by atoms with van der Waals surface area (Å²) in [6.45, 7) is 5.42. The zero-order chi connectivity index (χ0) is 16.2. The van der Waals surface area contributed by atoms with Gasteiger partial charge in [-0.1, -0.05) is 13.8 Å².